The van der Waals surface area contributed by atoms with E-state index in [-0.39, 0.29) is 0 Å². The molecule has 72 heavy (non-hydrogen) atoms. The molecule has 6 heteroatoms. The zero-order valence-electron chi connectivity index (χ0n) is 46.8. The maximum Gasteiger partial charge on any atom is 0.194 e. The Balaban J connectivity index is 1.84. The number of nitrogens with zero attached hydrogens (tertiary/aromatic N) is 2. The van der Waals surface area contributed by atoms with Crippen LogP contribution in [0.1, 0.15) is 272 Å². The Morgan fingerprint density at radius 2 is 0.667 bits per heavy atom. The van der Waals surface area contributed by atoms with Crippen molar-refractivity contribution in [3.8, 4) is 29.1 Å². The lowest BCUT2D eigenvalue weighted by Crippen LogP contribution is -2.03. The van der Waals surface area contributed by atoms with E-state index in [1.165, 1.54) is 167 Å². The lowest BCUT2D eigenvalue weighted by atomic mass is 10.00. The summed E-state index contributed by atoms with van der Waals surface area (Å²) >= 11 is 0. The van der Waals surface area contributed by atoms with Gasteiger partial charge >= 0.3 is 0 Å². The van der Waals surface area contributed by atoms with Gasteiger partial charge in [0, 0.05) is 11.1 Å². The third kappa shape index (κ3) is 26.3. The van der Waals surface area contributed by atoms with Crippen molar-refractivity contribution in [1.82, 2.24) is 0 Å². The molecular weight excluding hydrogens is 885 g/mol. The van der Waals surface area contributed by atoms with Gasteiger partial charge in [0.1, 0.15) is 23.0 Å². The molecule has 3 aromatic rings. The summed E-state index contributed by atoms with van der Waals surface area (Å²) in [6.07, 6.45) is 47.9. The van der Waals surface area contributed by atoms with Gasteiger partial charge in [-0.3, -0.25) is 0 Å². The highest BCUT2D eigenvalue weighted by atomic mass is 16.5. The number of rotatable bonds is 44. The fraction of sp³-hybridized carbons (Fsp3) is 0.636. The molecular formula is C66H100N2O4. The second-order valence-electron chi connectivity index (χ2n) is 20.5. The van der Waals surface area contributed by atoms with Crippen LogP contribution in [-0.4, -0.2) is 26.4 Å². The molecule has 398 valence electrons. The molecule has 0 spiro atoms. The Kier molecular flexibility index (Phi) is 34.9. The Morgan fingerprint density at radius 3 is 0.986 bits per heavy atom. The minimum atomic E-state index is 0.481. The van der Waals surface area contributed by atoms with E-state index in [0.29, 0.717) is 48.8 Å². The van der Waals surface area contributed by atoms with Crippen molar-refractivity contribution in [2.75, 3.05) is 26.4 Å². The van der Waals surface area contributed by atoms with Crippen LogP contribution in [0.4, 0.5) is 5.69 Å². The van der Waals surface area contributed by atoms with Crippen molar-refractivity contribution in [3.63, 3.8) is 0 Å². The van der Waals surface area contributed by atoms with Crippen LogP contribution in [0.5, 0.6) is 23.0 Å². The monoisotopic (exact) mass is 985 g/mol. The molecule has 0 amide bonds. The minimum Gasteiger partial charge on any atom is -0.493 e. The normalized spacial score (nSPS) is 11.4. The molecule has 0 aliphatic carbocycles. The number of nitriles is 1. The zero-order chi connectivity index (χ0) is 51.7. The van der Waals surface area contributed by atoms with E-state index in [1.54, 1.807) is 0 Å². The first-order chi connectivity index (χ1) is 35.4. The first kappa shape index (κ1) is 61.6. The van der Waals surface area contributed by atoms with Crippen molar-refractivity contribution >= 4 is 30.0 Å². The molecule has 0 unspecified atom stereocenters. The van der Waals surface area contributed by atoms with Gasteiger partial charge in [-0.25, -0.2) is 4.85 Å². The van der Waals surface area contributed by atoms with Gasteiger partial charge in [-0.1, -0.05) is 232 Å². The van der Waals surface area contributed by atoms with Crippen LogP contribution in [0.3, 0.4) is 0 Å². The van der Waals surface area contributed by atoms with E-state index in [0.717, 1.165) is 83.8 Å². The largest absolute Gasteiger partial charge is 0.493 e. The van der Waals surface area contributed by atoms with Gasteiger partial charge in [-0.05, 0) is 98.2 Å². The van der Waals surface area contributed by atoms with Gasteiger partial charge in [0.25, 0.3) is 0 Å². The molecule has 3 rings (SSSR count). The number of hydrogen-bond acceptors (Lipinski definition) is 5. The second-order valence-corrected chi connectivity index (χ2v) is 20.5. The molecule has 0 fully saturated rings. The van der Waals surface area contributed by atoms with Crippen LogP contribution < -0.4 is 18.9 Å². The second kappa shape index (κ2) is 40.8. The van der Waals surface area contributed by atoms with Crippen molar-refractivity contribution in [3.05, 3.63) is 86.8 Å². The van der Waals surface area contributed by atoms with Gasteiger partial charge < -0.3 is 18.9 Å². The Bertz CT molecular complexity index is 1890. The SMILES string of the molecule is [C-]#[N+]c1cc(/C=C/c2cc(OCCCCCCCCCC)c(C)cc2OCCCCCCCCCC)c(C#N)cc1/C=C/c1cc(OCCCCCCCCCC)c(C)cc1OCCCCCCCCCC. The van der Waals surface area contributed by atoms with Crippen LogP contribution in [0, 0.1) is 31.8 Å². The summed E-state index contributed by atoms with van der Waals surface area (Å²) in [4.78, 5) is 3.97. The predicted octanol–water partition coefficient (Wildman–Crippen LogP) is 21.1. The molecule has 0 aliphatic heterocycles. The van der Waals surface area contributed by atoms with E-state index >= 15 is 0 Å². The van der Waals surface area contributed by atoms with E-state index in [2.05, 4.69) is 76.7 Å². The molecule has 0 radical (unpaired) electrons. The molecule has 0 aliphatic rings. The summed E-state index contributed by atoms with van der Waals surface area (Å²) in [5, 5.41) is 10.5. The first-order valence-electron chi connectivity index (χ1n) is 29.5. The molecule has 0 saturated heterocycles. The van der Waals surface area contributed by atoms with Gasteiger partial charge in [0.05, 0.1) is 44.6 Å². The highest BCUT2D eigenvalue weighted by Crippen LogP contribution is 2.35. The third-order valence-corrected chi connectivity index (χ3v) is 14.0. The van der Waals surface area contributed by atoms with Crippen LogP contribution in [0.2, 0.25) is 0 Å². The maximum atomic E-state index is 10.5. The van der Waals surface area contributed by atoms with Gasteiger partial charge in [0.2, 0.25) is 0 Å². The lowest BCUT2D eigenvalue weighted by molar-refractivity contribution is 0.294. The van der Waals surface area contributed by atoms with Crippen LogP contribution in [-0.2, 0) is 0 Å². The smallest absolute Gasteiger partial charge is 0.194 e. The third-order valence-electron chi connectivity index (χ3n) is 14.0. The first-order valence-corrected chi connectivity index (χ1v) is 29.5. The lowest BCUT2D eigenvalue weighted by Gasteiger charge is -2.15. The van der Waals surface area contributed by atoms with Gasteiger partial charge in [-0.15, -0.1) is 0 Å². The number of aryl methyl sites for hydroxylation is 2. The zero-order valence-corrected chi connectivity index (χ0v) is 46.8. The topological polar surface area (TPSA) is 65.1 Å². The summed E-state index contributed by atoms with van der Waals surface area (Å²) < 4.78 is 25.8. The molecule has 0 N–H and O–H groups in total. The number of unbranched alkanes of at least 4 members (excludes halogenated alkanes) is 28. The standard InChI is InChI=1S/C66H100N2O4/c1-8-12-16-20-24-28-32-36-44-69-63-52-59(65(48-55(63)5)71-46-38-34-30-26-22-18-14-10-3)42-40-57-51-62(68-7)58(50-61(57)54-67)41-43-60-53-64(70-45-37-33-29-25-21-17-13-9-2)56(6)49-66(60)72-47-39-35-31-27-23-19-15-11-4/h40-43,48-53H,8-39,44-47H2,1-6H3/b42-40+,43-41+. The highest BCUT2D eigenvalue weighted by Gasteiger charge is 2.13. The Hall–Kier alpha value is -4.68. The number of hydrogen-bond donors (Lipinski definition) is 0. The summed E-state index contributed by atoms with van der Waals surface area (Å²) in [5.74, 6) is 3.35. The number of benzene rings is 3. The van der Waals surface area contributed by atoms with E-state index in [1.807, 2.05) is 36.4 Å². The van der Waals surface area contributed by atoms with Crippen molar-refractivity contribution in [2.45, 2.75) is 247 Å². The van der Waals surface area contributed by atoms with E-state index in [4.69, 9.17) is 25.5 Å². The summed E-state index contributed by atoms with van der Waals surface area (Å²) in [6.45, 7) is 24.2. The molecule has 3 aromatic carbocycles. The van der Waals surface area contributed by atoms with Gasteiger partial charge in [0.15, 0.2) is 5.69 Å². The Morgan fingerprint density at radius 1 is 0.375 bits per heavy atom. The van der Waals surface area contributed by atoms with Crippen LogP contribution >= 0.6 is 0 Å². The predicted molar refractivity (Wildman–Crippen MR) is 310 cm³/mol. The molecule has 0 bridgehead atoms. The van der Waals surface area contributed by atoms with Crippen LogP contribution in [0.15, 0.2) is 36.4 Å². The van der Waals surface area contributed by atoms with Crippen LogP contribution in [0.25, 0.3) is 29.1 Å². The highest BCUT2D eigenvalue weighted by molar-refractivity contribution is 5.84. The minimum absolute atomic E-state index is 0.481. The quantitative estimate of drug-likeness (QED) is 0.0321. The molecule has 0 atom stereocenters. The molecule has 0 aromatic heterocycles. The molecule has 6 nitrogen and oxygen atoms in total. The van der Waals surface area contributed by atoms with Crippen molar-refractivity contribution < 1.29 is 18.9 Å². The number of ether oxygens (including phenoxy) is 4. The van der Waals surface area contributed by atoms with Crippen molar-refractivity contribution in [1.29, 1.82) is 5.26 Å². The maximum absolute atomic E-state index is 10.5. The summed E-state index contributed by atoms with van der Waals surface area (Å²) in [6, 6.07) is 14.5. The summed E-state index contributed by atoms with van der Waals surface area (Å²) in [5.41, 5.74) is 6.29. The van der Waals surface area contributed by atoms with E-state index < -0.39 is 0 Å². The molecule has 0 saturated carbocycles. The fourth-order valence-corrected chi connectivity index (χ4v) is 9.29. The Labute approximate surface area is 441 Å². The van der Waals surface area contributed by atoms with Crippen molar-refractivity contribution in [2.24, 2.45) is 0 Å². The summed E-state index contributed by atoms with van der Waals surface area (Å²) in [7, 11) is 0. The average Bonchev–Trinajstić information content (AvgIpc) is 3.39. The fourth-order valence-electron chi connectivity index (χ4n) is 9.29. The van der Waals surface area contributed by atoms with E-state index in [9.17, 15) is 5.26 Å². The van der Waals surface area contributed by atoms with Gasteiger partial charge in [-0.2, -0.15) is 5.26 Å². The molecule has 0 heterocycles. The average molecular weight is 986 g/mol.